The minimum Gasteiger partial charge on any atom is -0.396 e. The topological polar surface area (TPSA) is 85.1 Å². The van der Waals surface area contributed by atoms with Gasteiger partial charge in [-0.15, -0.1) is 0 Å². The molecule has 0 saturated carbocycles. The Morgan fingerprint density at radius 3 is 2.94 bits per heavy atom. The van der Waals surface area contributed by atoms with Crippen LogP contribution in [0.4, 0.5) is 5.82 Å². The van der Waals surface area contributed by atoms with E-state index in [1.165, 1.54) is 0 Å². The number of rotatable bonds is 4. The second kappa shape index (κ2) is 5.52. The van der Waals surface area contributed by atoms with Crippen LogP contribution in [0.25, 0.3) is 10.4 Å². The first-order chi connectivity index (χ1) is 8.36. The molecule has 1 N–H and O–H groups in total. The van der Waals surface area contributed by atoms with Gasteiger partial charge in [-0.25, -0.2) is 4.98 Å². The van der Waals surface area contributed by atoms with Gasteiger partial charge in [-0.3, -0.25) is 0 Å². The maximum absolute atomic E-state index is 9.27. The summed E-state index contributed by atoms with van der Waals surface area (Å²) in [4.78, 5) is 9.28. The molecule has 90 valence electrons. The van der Waals surface area contributed by atoms with Crippen LogP contribution in [0.5, 0.6) is 0 Å². The molecule has 1 aliphatic heterocycles. The Morgan fingerprint density at radius 1 is 1.53 bits per heavy atom. The van der Waals surface area contributed by atoms with Gasteiger partial charge in [0.2, 0.25) is 0 Å². The van der Waals surface area contributed by atoms with Gasteiger partial charge in [0.25, 0.3) is 0 Å². The Labute approximate surface area is 99.5 Å². The zero-order valence-electron chi connectivity index (χ0n) is 9.53. The average Bonchev–Trinajstić information content (AvgIpc) is 2.90. The molecule has 1 aromatic rings. The molecule has 1 aromatic heterocycles. The standard InChI is InChI=1S/C11H15N5O/c12-15-14-10(8-17)9-4-3-5-13-11(9)16-6-1-2-7-16/h3-5,10,17H,1-2,6-8H2. The summed E-state index contributed by atoms with van der Waals surface area (Å²) in [7, 11) is 0. The second-order valence-corrected chi connectivity index (χ2v) is 4.01. The van der Waals surface area contributed by atoms with Crippen LogP contribution >= 0.6 is 0 Å². The van der Waals surface area contributed by atoms with E-state index in [4.69, 9.17) is 5.53 Å². The van der Waals surface area contributed by atoms with Crippen LogP contribution in [-0.2, 0) is 0 Å². The summed E-state index contributed by atoms with van der Waals surface area (Å²) in [6.45, 7) is 1.74. The van der Waals surface area contributed by atoms with Crippen molar-refractivity contribution in [3.05, 3.63) is 34.3 Å². The normalized spacial score (nSPS) is 16.6. The summed E-state index contributed by atoms with van der Waals surface area (Å²) < 4.78 is 0. The Morgan fingerprint density at radius 2 is 2.29 bits per heavy atom. The molecule has 0 aliphatic carbocycles. The Bertz CT molecular complexity index is 424. The van der Waals surface area contributed by atoms with Crippen LogP contribution in [0.2, 0.25) is 0 Å². The number of hydrogen-bond acceptors (Lipinski definition) is 4. The molecule has 6 nitrogen and oxygen atoms in total. The molecule has 2 rings (SSSR count). The first-order valence-corrected chi connectivity index (χ1v) is 5.71. The Hall–Kier alpha value is -1.78. The molecule has 1 fully saturated rings. The third-order valence-corrected chi connectivity index (χ3v) is 2.95. The van der Waals surface area contributed by atoms with E-state index in [1.807, 2.05) is 6.07 Å². The van der Waals surface area contributed by atoms with Gasteiger partial charge < -0.3 is 10.0 Å². The first kappa shape index (κ1) is 11.7. The van der Waals surface area contributed by atoms with E-state index in [1.54, 1.807) is 12.3 Å². The predicted molar refractivity (Wildman–Crippen MR) is 64.7 cm³/mol. The van der Waals surface area contributed by atoms with E-state index in [2.05, 4.69) is 19.9 Å². The van der Waals surface area contributed by atoms with Gasteiger partial charge in [0.1, 0.15) is 5.82 Å². The van der Waals surface area contributed by atoms with Crippen molar-refractivity contribution in [1.29, 1.82) is 0 Å². The molecule has 1 atom stereocenters. The smallest absolute Gasteiger partial charge is 0.132 e. The van der Waals surface area contributed by atoms with Crippen molar-refractivity contribution in [3.8, 4) is 0 Å². The van der Waals surface area contributed by atoms with Gasteiger partial charge in [0.15, 0.2) is 0 Å². The first-order valence-electron chi connectivity index (χ1n) is 5.71. The van der Waals surface area contributed by atoms with Crippen molar-refractivity contribution in [1.82, 2.24) is 4.98 Å². The van der Waals surface area contributed by atoms with Crippen molar-refractivity contribution >= 4 is 5.82 Å². The lowest BCUT2D eigenvalue weighted by Gasteiger charge is -2.21. The van der Waals surface area contributed by atoms with Crippen molar-refractivity contribution in [2.24, 2.45) is 5.11 Å². The average molecular weight is 233 g/mol. The fraction of sp³-hybridized carbons (Fsp3) is 0.545. The largest absolute Gasteiger partial charge is 0.396 e. The number of anilines is 1. The van der Waals surface area contributed by atoms with E-state index in [-0.39, 0.29) is 6.61 Å². The number of aromatic nitrogens is 1. The number of aliphatic hydroxyl groups excluding tert-OH is 1. The summed E-state index contributed by atoms with van der Waals surface area (Å²) >= 11 is 0. The van der Waals surface area contributed by atoms with Gasteiger partial charge in [-0.1, -0.05) is 11.2 Å². The van der Waals surface area contributed by atoms with Crippen molar-refractivity contribution in [2.45, 2.75) is 18.9 Å². The van der Waals surface area contributed by atoms with Gasteiger partial charge >= 0.3 is 0 Å². The SMILES string of the molecule is [N-]=[N+]=NC(CO)c1cccnc1N1CCCC1. The zero-order chi connectivity index (χ0) is 12.1. The van der Waals surface area contributed by atoms with Crippen LogP contribution in [0.3, 0.4) is 0 Å². The van der Waals surface area contributed by atoms with E-state index in [0.717, 1.165) is 37.3 Å². The summed E-state index contributed by atoms with van der Waals surface area (Å²) in [6, 6.07) is 3.10. The molecule has 17 heavy (non-hydrogen) atoms. The van der Waals surface area contributed by atoms with Crippen LogP contribution in [0, 0.1) is 0 Å². The van der Waals surface area contributed by atoms with Crippen LogP contribution in [0.1, 0.15) is 24.4 Å². The van der Waals surface area contributed by atoms with E-state index in [0.29, 0.717) is 0 Å². The van der Waals surface area contributed by atoms with Gasteiger partial charge in [0.05, 0.1) is 12.6 Å². The second-order valence-electron chi connectivity index (χ2n) is 4.01. The molecule has 6 heteroatoms. The molecule has 0 bridgehead atoms. The minimum atomic E-state index is -0.552. The van der Waals surface area contributed by atoms with Gasteiger partial charge in [-0.05, 0) is 24.4 Å². The number of azide groups is 1. The van der Waals surface area contributed by atoms with Crippen molar-refractivity contribution in [3.63, 3.8) is 0 Å². The Balaban J connectivity index is 2.34. The number of pyridine rings is 1. The third-order valence-electron chi connectivity index (χ3n) is 2.95. The van der Waals surface area contributed by atoms with Gasteiger partial charge in [-0.2, -0.15) is 0 Å². The van der Waals surface area contributed by atoms with Crippen molar-refractivity contribution in [2.75, 3.05) is 24.6 Å². The van der Waals surface area contributed by atoms with Crippen molar-refractivity contribution < 1.29 is 5.11 Å². The zero-order valence-corrected chi connectivity index (χ0v) is 9.53. The summed E-state index contributed by atoms with van der Waals surface area (Å²) in [6.07, 6.45) is 4.03. The highest BCUT2D eigenvalue weighted by atomic mass is 16.3. The molecule has 1 unspecified atom stereocenters. The number of nitrogens with zero attached hydrogens (tertiary/aromatic N) is 5. The Kier molecular flexibility index (Phi) is 3.80. The lowest BCUT2D eigenvalue weighted by molar-refractivity contribution is 0.268. The van der Waals surface area contributed by atoms with Gasteiger partial charge in [0, 0.05) is 29.8 Å². The fourth-order valence-electron chi connectivity index (χ4n) is 2.12. The number of aliphatic hydroxyl groups is 1. The highest BCUT2D eigenvalue weighted by molar-refractivity contribution is 5.49. The van der Waals surface area contributed by atoms with E-state index >= 15 is 0 Å². The van der Waals surface area contributed by atoms with Crippen LogP contribution in [-0.4, -0.2) is 29.8 Å². The fourth-order valence-corrected chi connectivity index (χ4v) is 2.12. The number of hydrogen-bond donors (Lipinski definition) is 1. The summed E-state index contributed by atoms with van der Waals surface area (Å²) in [5.41, 5.74) is 9.30. The predicted octanol–water partition coefficient (Wildman–Crippen LogP) is 2.03. The summed E-state index contributed by atoms with van der Waals surface area (Å²) in [5.74, 6) is 0.830. The molecule has 0 aromatic carbocycles. The lowest BCUT2D eigenvalue weighted by atomic mass is 10.1. The molecule has 0 radical (unpaired) electrons. The lowest BCUT2D eigenvalue weighted by Crippen LogP contribution is -2.21. The molecular formula is C11H15N5O. The molecule has 1 aliphatic rings. The highest BCUT2D eigenvalue weighted by Gasteiger charge is 2.20. The quantitative estimate of drug-likeness (QED) is 0.490. The molecular weight excluding hydrogens is 218 g/mol. The molecule has 0 spiro atoms. The third kappa shape index (κ3) is 2.49. The monoisotopic (exact) mass is 233 g/mol. The minimum absolute atomic E-state index is 0.198. The van der Waals surface area contributed by atoms with Crippen LogP contribution in [0.15, 0.2) is 23.4 Å². The molecule has 0 amide bonds. The molecule has 2 heterocycles. The maximum Gasteiger partial charge on any atom is 0.132 e. The van der Waals surface area contributed by atoms with E-state index < -0.39 is 6.04 Å². The maximum atomic E-state index is 9.27. The highest BCUT2D eigenvalue weighted by Crippen LogP contribution is 2.28. The van der Waals surface area contributed by atoms with Crippen LogP contribution < -0.4 is 4.90 Å². The summed E-state index contributed by atoms with van der Waals surface area (Å²) in [5, 5.41) is 12.9. The molecule has 1 saturated heterocycles. The van der Waals surface area contributed by atoms with E-state index in [9.17, 15) is 5.11 Å².